The minimum atomic E-state index is -4.94. The van der Waals surface area contributed by atoms with Gasteiger partial charge in [0.1, 0.15) is 19.3 Å². The summed E-state index contributed by atoms with van der Waals surface area (Å²) >= 11 is 0. The van der Waals surface area contributed by atoms with E-state index in [1.807, 2.05) is 0 Å². The molecule has 0 aliphatic heterocycles. The molecule has 0 bridgehead atoms. The topological polar surface area (TPSA) is 237 Å². The quantitative estimate of drug-likeness (QED) is 0.0222. The van der Waals surface area contributed by atoms with Crippen molar-refractivity contribution in [3.63, 3.8) is 0 Å². The van der Waals surface area contributed by atoms with Gasteiger partial charge in [0.25, 0.3) is 0 Å². The molecule has 81 heavy (non-hydrogen) atoms. The van der Waals surface area contributed by atoms with Crippen LogP contribution in [0.5, 0.6) is 0 Å². The molecule has 0 rings (SSSR count). The first-order valence-electron chi connectivity index (χ1n) is 32.4. The highest BCUT2D eigenvalue weighted by Gasteiger charge is 2.30. The number of esters is 4. The zero-order valence-corrected chi connectivity index (χ0v) is 54.0. The Balaban J connectivity index is 5.24. The van der Waals surface area contributed by atoms with E-state index in [9.17, 15) is 43.2 Å². The van der Waals surface area contributed by atoms with E-state index in [-0.39, 0.29) is 25.7 Å². The molecule has 0 aliphatic rings. The second kappa shape index (κ2) is 53.5. The van der Waals surface area contributed by atoms with Crippen molar-refractivity contribution in [2.45, 2.75) is 317 Å². The van der Waals surface area contributed by atoms with Gasteiger partial charge in [-0.1, -0.05) is 248 Å². The molecule has 0 aromatic rings. The Bertz CT molecular complexity index is 1620. The number of phosphoric acid groups is 2. The van der Waals surface area contributed by atoms with Gasteiger partial charge in [-0.25, -0.2) is 9.13 Å². The number of aliphatic hydroxyl groups excluding tert-OH is 1. The summed E-state index contributed by atoms with van der Waals surface area (Å²) in [6, 6.07) is 0. The van der Waals surface area contributed by atoms with Crippen LogP contribution in [0.3, 0.4) is 0 Å². The third kappa shape index (κ3) is 55.7. The summed E-state index contributed by atoms with van der Waals surface area (Å²) < 4.78 is 67.8. The highest BCUT2D eigenvalue weighted by atomic mass is 31.2. The standard InChI is InChI=1S/C62H120O17P2/c1-8-10-11-12-13-21-29-36-43-59(64)72-50-58(79-62(67)46-39-32-25-24-27-34-41-54(5)6)52-77-81(70,71)75-48-56(63)47-74-80(68,69)76-51-57(78-61(66)45-38-31-23-16-14-15-19-26-33-40-53(3)4)49-73-60(65)44-37-30-22-18-17-20-28-35-42-55(7)9-2/h53-58,63H,8-52H2,1-7H3,(H,68,69)(H,70,71)/t55?,56-,57-,58-/m1/s1. The summed E-state index contributed by atoms with van der Waals surface area (Å²) in [7, 11) is -9.88. The number of hydrogen-bond acceptors (Lipinski definition) is 15. The highest BCUT2D eigenvalue weighted by Crippen LogP contribution is 2.45. The summed E-state index contributed by atoms with van der Waals surface area (Å²) in [5.41, 5.74) is 0. The Labute approximate surface area is 492 Å². The minimum absolute atomic E-state index is 0.101. The fourth-order valence-electron chi connectivity index (χ4n) is 9.09. The second-order valence-corrected chi connectivity index (χ2v) is 26.5. The van der Waals surface area contributed by atoms with Crippen molar-refractivity contribution in [1.82, 2.24) is 0 Å². The van der Waals surface area contributed by atoms with Crippen LogP contribution in [0.1, 0.15) is 299 Å². The number of unbranched alkanes of at least 4 members (excludes halogenated alkanes) is 27. The van der Waals surface area contributed by atoms with Crippen molar-refractivity contribution in [3.05, 3.63) is 0 Å². The van der Waals surface area contributed by atoms with Crippen molar-refractivity contribution in [2.24, 2.45) is 17.8 Å². The Morgan fingerprint density at radius 3 is 0.938 bits per heavy atom. The average molecular weight is 1200 g/mol. The van der Waals surface area contributed by atoms with Crippen LogP contribution in [0.15, 0.2) is 0 Å². The van der Waals surface area contributed by atoms with E-state index in [0.717, 1.165) is 108 Å². The number of carbonyl (C=O) groups is 4. The van der Waals surface area contributed by atoms with Crippen LogP contribution < -0.4 is 0 Å². The number of rotatable bonds is 60. The molecule has 0 saturated carbocycles. The van der Waals surface area contributed by atoms with Crippen LogP contribution in [0.25, 0.3) is 0 Å². The first kappa shape index (κ1) is 79.1. The summed E-state index contributed by atoms with van der Waals surface area (Å²) in [6.45, 7) is 11.6. The number of aliphatic hydroxyl groups is 1. The number of phosphoric ester groups is 2. The highest BCUT2D eigenvalue weighted by molar-refractivity contribution is 7.47. The van der Waals surface area contributed by atoms with Gasteiger partial charge in [0.2, 0.25) is 0 Å². The van der Waals surface area contributed by atoms with E-state index in [0.29, 0.717) is 31.6 Å². The second-order valence-electron chi connectivity index (χ2n) is 23.6. The van der Waals surface area contributed by atoms with Gasteiger partial charge >= 0.3 is 39.5 Å². The van der Waals surface area contributed by atoms with Gasteiger partial charge in [0, 0.05) is 25.7 Å². The SMILES string of the molecule is CCCCCCCCCCC(=O)OC[C@H](COP(=O)(O)OC[C@H](O)COP(=O)(O)OC[C@@H](COC(=O)CCCCCCCCCCC(C)CC)OC(=O)CCCCCCCCCCCC(C)C)OC(=O)CCCCCCCCC(C)C. The van der Waals surface area contributed by atoms with Gasteiger partial charge in [0.15, 0.2) is 12.2 Å². The van der Waals surface area contributed by atoms with Gasteiger partial charge < -0.3 is 33.8 Å². The first-order chi connectivity index (χ1) is 38.8. The lowest BCUT2D eigenvalue weighted by Crippen LogP contribution is -2.30. The lowest BCUT2D eigenvalue weighted by molar-refractivity contribution is -0.161. The van der Waals surface area contributed by atoms with Crippen LogP contribution in [0.4, 0.5) is 0 Å². The van der Waals surface area contributed by atoms with E-state index < -0.39 is 97.5 Å². The molecule has 0 amide bonds. The van der Waals surface area contributed by atoms with Crippen molar-refractivity contribution in [1.29, 1.82) is 0 Å². The average Bonchev–Trinajstić information content (AvgIpc) is 3.42. The Morgan fingerprint density at radius 1 is 0.358 bits per heavy atom. The number of hydrogen-bond donors (Lipinski definition) is 3. The van der Waals surface area contributed by atoms with Crippen LogP contribution in [-0.2, 0) is 65.4 Å². The van der Waals surface area contributed by atoms with E-state index >= 15 is 0 Å². The predicted molar refractivity (Wildman–Crippen MR) is 321 cm³/mol. The molecule has 0 heterocycles. The fourth-order valence-corrected chi connectivity index (χ4v) is 10.7. The third-order valence-corrected chi connectivity index (χ3v) is 16.4. The largest absolute Gasteiger partial charge is 0.472 e. The van der Waals surface area contributed by atoms with Crippen molar-refractivity contribution >= 4 is 39.5 Å². The maximum absolute atomic E-state index is 13.0. The van der Waals surface area contributed by atoms with Gasteiger partial charge in [-0.05, 0) is 43.4 Å². The molecule has 0 saturated heterocycles. The summed E-state index contributed by atoms with van der Waals surface area (Å²) in [5.74, 6) is 0.0383. The predicted octanol–water partition coefficient (Wildman–Crippen LogP) is 16.7. The van der Waals surface area contributed by atoms with Crippen LogP contribution in [-0.4, -0.2) is 96.7 Å². The molecule has 0 spiro atoms. The zero-order chi connectivity index (χ0) is 60.3. The van der Waals surface area contributed by atoms with E-state index in [4.69, 9.17) is 37.0 Å². The molecule has 19 heteroatoms. The van der Waals surface area contributed by atoms with Gasteiger partial charge in [-0.15, -0.1) is 0 Å². The van der Waals surface area contributed by atoms with Crippen molar-refractivity contribution in [3.8, 4) is 0 Å². The fraction of sp³-hybridized carbons (Fsp3) is 0.935. The molecule has 480 valence electrons. The Kier molecular flexibility index (Phi) is 52.2. The van der Waals surface area contributed by atoms with Gasteiger partial charge in [0.05, 0.1) is 26.4 Å². The Hall–Kier alpha value is -1.94. The smallest absolute Gasteiger partial charge is 0.462 e. The summed E-state index contributed by atoms with van der Waals surface area (Å²) in [5, 5.41) is 10.5. The minimum Gasteiger partial charge on any atom is -0.462 e. The molecule has 0 radical (unpaired) electrons. The molecular weight excluding hydrogens is 1080 g/mol. The summed E-state index contributed by atoms with van der Waals surface area (Å²) in [4.78, 5) is 72.0. The molecule has 0 aliphatic carbocycles. The Morgan fingerprint density at radius 2 is 0.630 bits per heavy atom. The van der Waals surface area contributed by atoms with Crippen molar-refractivity contribution in [2.75, 3.05) is 39.6 Å². The molecule has 0 aromatic heterocycles. The lowest BCUT2D eigenvalue weighted by atomic mass is 9.99. The van der Waals surface area contributed by atoms with E-state index in [1.165, 1.54) is 103 Å². The monoisotopic (exact) mass is 1200 g/mol. The first-order valence-corrected chi connectivity index (χ1v) is 35.4. The van der Waals surface area contributed by atoms with Crippen LogP contribution >= 0.6 is 15.6 Å². The van der Waals surface area contributed by atoms with E-state index in [2.05, 4.69) is 48.5 Å². The van der Waals surface area contributed by atoms with Gasteiger partial charge in [-0.2, -0.15) is 0 Å². The maximum atomic E-state index is 13.0. The van der Waals surface area contributed by atoms with Crippen LogP contribution in [0, 0.1) is 17.8 Å². The molecule has 0 aromatic carbocycles. The molecule has 3 unspecified atom stereocenters. The van der Waals surface area contributed by atoms with E-state index in [1.54, 1.807) is 0 Å². The zero-order valence-electron chi connectivity index (χ0n) is 52.2. The molecule has 0 fully saturated rings. The van der Waals surface area contributed by atoms with Crippen LogP contribution in [0.2, 0.25) is 0 Å². The number of ether oxygens (including phenoxy) is 4. The molecular formula is C62H120O17P2. The number of carbonyl (C=O) groups excluding carboxylic acids is 4. The third-order valence-electron chi connectivity index (χ3n) is 14.5. The molecule has 17 nitrogen and oxygen atoms in total. The summed E-state index contributed by atoms with van der Waals surface area (Å²) in [6.07, 6.45) is 33.6. The van der Waals surface area contributed by atoms with Crippen molar-refractivity contribution < 1.29 is 80.2 Å². The molecule has 6 atom stereocenters. The normalized spacial score (nSPS) is 14.8. The lowest BCUT2D eigenvalue weighted by Gasteiger charge is -2.21. The van der Waals surface area contributed by atoms with Gasteiger partial charge in [-0.3, -0.25) is 37.3 Å². The molecule has 3 N–H and O–H groups in total. The maximum Gasteiger partial charge on any atom is 0.472 e.